The number of carbonyl (C=O) groups excluding carboxylic acids is 2. The van der Waals surface area contributed by atoms with Gasteiger partial charge in [-0.25, -0.2) is 0 Å². The van der Waals surface area contributed by atoms with Gasteiger partial charge in [-0.05, 0) is 48.9 Å². The molecule has 10 nitrogen and oxygen atoms in total. The van der Waals surface area contributed by atoms with Crippen molar-refractivity contribution < 1.29 is 38.2 Å². The van der Waals surface area contributed by atoms with E-state index in [1.54, 1.807) is 49.4 Å². The summed E-state index contributed by atoms with van der Waals surface area (Å²) in [5, 5.41) is 15.3. The summed E-state index contributed by atoms with van der Waals surface area (Å²) in [7, 11) is 4.37. The Hall–Kier alpha value is -4.73. The lowest BCUT2D eigenvalue weighted by atomic mass is 9.94. The van der Waals surface area contributed by atoms with Crippen LogP contribution in [0.15, 0.2) is 65.2 Å². The molecule has 0 aliphatic carbocycles. The molecule has 37 heavy (non-hydrogen) atoms. The number of aryl methyl sites for hydroxylation is 1. The quantitative estimate of drug-likeness (QED) is 0.197. The third kappa shape index (κ3) is 4.61. The fourth-order valence-corrected chi connectivity index (χ4v) is 4.13. The SMILES string of the molecule is C=CCOc1ccc(/C(O)=C2\C(=O)C(=O)N(c3cc(C)on3)[C@H]2c2cc(OC)c(OC)c(OC)c2)cc1. The summed E-state index contributed by atoms with van der Waals surface area (Å²) in [6.45, 7) is 5.59. The Morgan fingerprint density at radius 1 is 1.08 bits per heavy atom. The lowest BCUT2D eigenvalue weighted by molar-refractivity contribution is -0.132. The monoisotopic (exact) mass is 506 g/mol. The minimum absolute atomic E-state index is 0.116. The molecule has 1 fully saturated rings. The molecule has 1 atom stereocenters. The first-order valence-corrected chi connectivity index (χ1v) is 11.2. The summed E-state index contributed by atoms with van der Waals surface area (Å²) < 4.78 is 27.0. The normalized spacial score (nSPS) is 16.5. The summed E-state index contributed by atoms with van der Waals surface area (Å²) >= 11 is 0. The first-order valence-electron chi connectivity index (χ1n) is 11.2. The molecule has 0 bridgehead atoms. The average molecular weight is 507 g/mol. The zero-order chi connectivity index (χ0) is 26.7. The molecule has 1 N–H and O–H groups in total. The van der Waals surface area contributed by atoms with Crippen LogP contribution < -0.4 is 23.8 Å². The molecule has 1 aromatic heterocycles. The van der Waals surface area contributed by atoms with Crippen LogP contribution in [0.2, 0.25) is 0 Å². The third-order valence-corrected chi connectivity index (χ3v) is 5.81. The number of Topliss-reactive ketones (excluding diaryl/α,β-unsaturated/α-hetero) is 1. The number of ketones is 1. The van der Waals surface area contributed by atoms with E-state index in [2.05, 4.69) is 11.7 Å². The van der Waals surface area contributed by atoms with Gasteiger partial charge in [0.05, 0.1) is 32.9 Å². The number of aliphatic hydroxyl groups is 1. The van der Waals surface area contributed by atoms with Gasteiger partial charge in [0.25, 0.3) is 5.78 Å². The minimum Gasteiger partial charge on any atom is -0.507 e. The predicted octanol–water partition coefficient (Wildman–Crippen LogP) is 4.20. The topological polar surface area (TPSA) is 121 Å². The Morgan fingerprint density at radius 2 is 1.73 bits per heavy atom. The highest BCUT2D eigenvalue weighted by Crippen LogP contribution is 2.47. The van der Waals surface area contributed by atoms with Gasteiger partial charge in [0, 0.05) is 11.6 Å². The first-order chi connectivity index (χ1) is 17.8. The van der Waals surface area contributed by atoms with Gasteiger partial charge >= 0.3 is 5.91 Å². The van der Waals surface area contributed by atoms with Gasteiger partial charge < -0.3 is 28.6 Å². The number of rotatable bonds is 9. The molecule has 0 spiro atoms. The molecule has 0 unspecified atom stereocenters. The number of aromatic nitrogens is 1. The smallest absolute Gasteiger partial charge is 0.301 e. The van der Waals surface area contributed by atoms with Gasteiger partial charge in [-0.15, -0.1) is 0 Å². The Labute approximate surface area is 213 Å². The maximum absolute atomic E-state index is 13.3. The lowest BCUT2D eigenvalue weighted by Crippen LogP contribution is -2.29. The van der Waals surface area contributed by atoms with E-state index >= 15 is 0 Å². The van der Waals surface area contributed by atoms with Crippen LogP contribution in [0.4, 0.5) is 5.82 Å². The highest BCUT2D eigenvalue weighted by atomic mass is 16.5. The largest absolute Gasteiger partial charge is 0.507 e. The molecular weight excluding hydrogens is 480 g/mol. The van der Waals surface area contributed by atoms with E-state index in [0.29, 0.717) is 46.5 Å². The van der Waals surface area contributed by atoms with Crippen molar-refractivity contribution in [2.24, 2.45) is 0 Å². The van der Waals surface area contributed by atoms with Crippen molar-refractivity contribution in [3.05, 3.63) is 77.6 Å². The van der Waals surface area contributed by atoms with Gasteiger partial charge in [0.15, 0.2) is 17.3 Å². The van der Waals surface area contributed by atoms with E-state index in [-0.39, 0.29) is 17.2 Å². The average Bonchev–Trinajstić information content (AvgIpc) is 3.46. The van der Waals surface area contributed by atoms with Crippen LogP contribution >= 0.6 is 0 Å². The summed E-state index contributed by atoms with van der Waals surface area (Å²) in [6.07, 6.45) is 1.61. The summed E-state index contributed by atoms with van der Waals surface area (Å²) in [4.78, 5) is 27.8. The van der Waals surface area contributed by atoms with Crippen molar-refractivity contribution in [2.45, 2.75) is 13.0 Å². The second-order valence-electron chi connectivity index (χ2n) is 8.05. The van der Waals surface area contributed by atoms with E-state index in [0.717, 1.165) is 0 Å². The van der Waals surface area contributed by atoms with E-state index in [1.165, 1.54) is 32.3 Å². The van der Waals surface area contributed by atoms with Crippen LogP contribution in [0.25, 0.3) is 5.76 Å². The van der Waals surface area contributed by atoms with Crippen LogP contribution in [0.1, 0.15) is 22.9 Å². The molecule has 1 amide bonds. The summed E-state index contributed by atoms with van der Waals surface area (Å²) in [5.41, 5.74) is 0.597. The first kappa shape index (κ1) is 25.4. The molecule has 4 rings (SSSR count). The number of carbonyl (C=O) groups is 2. The van der Waals surface area contributed by atoms with Crippen molar-refractivity contribution >= 4 is 23.3 Å². The number of hydrogen-bond donors (Lipinski definition) is 1. The lowest BCUT2D eigenvalue weighted by Gasteiger charge is -2.24. The van der Waals surface area contributed by atoms with Crippen molar-refractivity contribution in [2.75, 3.05) is 32.8 Å². The number of ether oxygens (including phenoxy) is 4. The second-order valence-corrected chi connectivity index (χ2v) is 8.05. The number of amides is 1. The molecule has 3 aromatic rings. The molecular formula is C27H26N2O8. The Kier molecular flexibility index (Phi) is 7.19. The fraction of sp³-hybridized carbons (Fsp3) is 0.222. The van der Waals surface area contributed by atoms with E-state index in [4.69, 9.17) is 23.5 Å². The minimum atomic E-state index is -1.07. The van der Waals surface area contributed by atoms with Crippen LogP contribution in [-0.2, 0) is 9.59 Å². The number of hydrogen-bond acceptors (Lipinski definition) is 9. The van der Waals surface area contributed by atoms with Crippen LogP contribution in [0, 0.1) is 6.92 Å². The van der Waals surface area contributed by atoms with Gasteiger partial charge in [-0.2, -0.15) is 0 Å². The maximum atomic E-state index is 13.3. The van der Waals surface area contributed by atoms with Crippen molar-refractivity contribution in [1.29, 1.82) is 0 Å². The summed E-state index contributed by atoms with van der Waals surface area (Å²) in [5.74, 6) is -0.0704. The predicted molar refractivity (Wildman–Crippen MR) is 134 cm³/mol. The number of benzene rings is 2. The van der Waals surface area contributed by atoms with E-state index < -0.39 is 17.7 Å². The van der Waals surface area contributed by atoms with E-state index in [9.17, 15) is 14.7 Å². The van der Waals surface area contributed by atoms with Crippen LogP contribution in [0.5, 0.6) is 23.0 Å². The Morgan fingerprint density at radius 3 is 2.24 bits per heavy atom. The van der Waals surface area contributed by atoms with Crippen molar-refractivity contribution in [3.63, 3.8) is 0 Å². The highest BCUT2D eigenvalue weighted by molar-refractivity contribution is 6.51. The van der Waals surface area contributed by atoms with Gasteiger partial charge in [0.1, 0.15) is 23.9 Å². The van der Waals surface area contributed by atoms with Gasteiger partial charge in [-0.3, -0.25) is 14.5 Å². The number of nitrogens with zero attached hydrogens (tertiary/aromatic N) is 2. The Bertz CT molecular complexity index is 1350. The molecule has 0 saturated carbocycles. The molecule has 1 saturated heterocycles. The standard InChI is InChI=1S/C27H26N2O8/c1-6-11-36-18-9-7-16(8-10-18)24(30)22-23(17-13-19(33-3)26(35-5)20(14-17)34-4)29(27(32)25(22)31)21-12-15(2)37-28-21/h6-10,12-14,23,30H,1,11H2,2-5H3/b24-22+/t23-/m0/s1. The molecule has 2 aromatic carbocycles. The number of anilines is 1. The van der Waals surface area contributed by atoms with Crippen molar-refractivity contribution in [3.8, 4) is 23.0 Å². The second kappa shape index (κ2) is 10.5. The molecule has 0 radical (unpaired) electrons. The van der Waals surface area contributed by atoms with Crippen LogP contribution in [-0.4, -0.2) is 49.9 Å². The highest BCUT2D eigenvalue weighted by Gasteiger charge is 2.48. The molecule has 1 aliphatic rings. The van der Waals surface area contributed by atoms with Crippen molar-refractivity contribution in [1.82, 2.24) is 5.16 Å². The van der Waals surface area contributed by atoms with Gasteiger partial charge in [0.2, 0.25) is 5.75 Å². The third-order valence-electron chi connectivity index (χ3n) is 5.81. The van der Waals surface area contributed by atoms with E-state index in [1.807, 2.05) is 0 Å². The fourth-order valence-electron chi connectivity index (χ4n) is 4.13. The summed E-state index contributed by atoms with van der Waals surface area (Å²) in [6, 6.07) is 10.1. The molecule has 1 aliphatic heterocycles. The maximum Gasteiger partial charge on any atom is 0.301 e. The zero-order valence-corrected chi connectivity index (χ0v) is 20.8. The molecule has 10 heteroatoms. The number of aliphatic hydroxyl groups excluding tert-OH is 1. The molecule has 192 valence electrons. The molecule has 2 heterocycles. The number of methoxy groups -OCH3 is 3. The Balaban J connectivity index is 1.93. The zero-order valence-electron chi connectivity index (χ0n) is 20.8. The van der Waals surface area contributed by atoms with Crippen LogP contribution in [0.3, 0.4) is 0 Å². The van der Waals surface area contributed by atoms with Gasteiger partial charge in [-0.1, -0.05) is 17.8 Å².